The molecule has 0 saturated carbocycles. The zero-order chi connectivity index (χ0) is 12.8. The average molecular weight is 268 g/mol. The SMILES string of the molecule is N#C/C(=C\C=C(/Cl)c1ccc(Cl)cc1)C(=O)O. The molecule has 3 nitrogen and oxygen atoms in total. The van der Waals surface area contributed by atoms with E-state index in [1.54, 1.807) is 30.3 Å². The number of hydrogen-bond donors (Lipinski definition) is 1. The van der Waals surface area contributed by atoms with Crippen molar-refractivity contribution in [3.8, 4) is 6.07 Å². The third-order valence-electron chi connectivity index (χ3n) is 1.87. The van der Waals surface area contributed by atoms with Crippen molar-refractivity contribution >= 4 is 34.2 Å². The predicted molar refractivity (Wildman–Crippen MR) is 66.6 cm³/mol. The highest BCUT2D eigenvalue weighted by molar-refractivity contribution is 6.49. The van der Waals surface area contributed by atoms with Crippen molar-refractivity contribution in [2.75, 3.05) is 0 Å². The van der Waals surface area contributed by atoms with Crippen LogP contribution in [-0.4, -0.2) is 11.1 Å². The molecule has 17 heavy (non-hydrogen) atoms. The number of carboxylic acids is 1. The fourth-order valence-corrected chi connectivity index (χ4v) is 1.33. The summed E-state index contributed by atoms with van der Waals surface area (Å²) in [4.78, 5) is 10.5. The molecular formula is C12H7Cl2NO2. The second-order valence-electron chi connectivity index (χ2n) is 3.02. The van der Waals surface area contributed by atoms with Crippen LogP contribution in [0.2, 0.25) is 5.02 Å². The van der Waals surface area contributed by atoms with Gasteiger partial charge in [-0.05, 0) is 29.8 Å². The number of rotatable bonds is 3. The molecule has 1 aromatic carbocycles. The molecule has 0 aliphatic carbocycles. The van der Waals surface area contributed by atoms with E-state index >= 15 is 0 Å². The summed E-state index contributed by atoms with van der Waals surface area (Å²) >= 11 is 11.6. The van der Waals surface area contributed by atoms with Gasteiger partial charge in [0, 0.05) is 10.1 Å². The molecule has 0 bridgehead atoms. The van der Waals surface area contributed by atoms with Gasteiger partial charge in [0.25, 0.3) is 0 Å². The fourth-order valence-electron chi connectivity index (χ4n) is 1.02. The number of carbonyl (C=O) groups is 1. The summed E-state index contributed by atoms with van der Waals surface area (Å²) < 4.78 is 0. The maximum absolute atomic E-state index is 10.5. The quantitative estimate of drug-likeness (QED) is 0.518. The molecule has 0 atom stereocenters. The highest BCUT2D eigenvalue weighted by Gasteiger charge is 2.04. The number of benzene rings is 1. The molecule has 0 fully saturated rings. The number of nitriles is 1. The van der Waals surface area contributed by atoms with Crippen LogP contribution in [0.15, 0.2) is 42.0 Å². The monoisotopic (exact) mass is 267 g/mol. The molecule has 0 unspecified atom stereocenters. The Morgan fingerprint density at radius 1 is 1.29 bits per heavy atom. The van der Waals surface area contributed by atoms with Crippen LogP contribution in [0.5, 0.6) is 0 Å². The largest absolute Gasteiger partial charge is 0.477 e. The second-order valence-corrected chi connectivity index (χ2v) is 3.86. The normalized spacial score (nSPS) is 12.1. The number of allylic oxidation sites excluding steroid dienone is 2. The minimum absolute atomic E-state index is 0.329. The van der Waals surface area contributed by atoms with E-state index < -0.39 is 5.97 Å². The van der Waals surface area contributed by atoms with Gasteiger partial charge in [-0.25, -0.2) is 4.79 Å². The highest BCUT2D eigenvalue weighted by Crippen LogP contribution is 2.21. The molecule has 0 spiro atoms. The Bertz CT molecular complexity index is 524. The Labute approximate surface area is 108 Å². The highest BCUT2D eigenvalue weighted by atomic mass is 35.5. The van der Waals surface area contributed by atoms with Gasteiger partial charge in [-0.15, -0.1) is 0 Å². The van der Waals surface area contributed by atoms with Crippen LogP contribution in [0.25, 0.3) is 5.03 Å². The van der Waals surface area contributed by atoms with E-state index in [1.807, 2.05) is 0 Å². The third kappa shape index (κ3) is 3.95. The molecule has 0 aliphatic rings. The van der Waals surface area contributed by atoms with Gasteiger partial charge in [0.2, 0.25) is 0 Å². The number of carboxylic acid groups (broad SMARTS) is 1. The number of hydrogen-bond acceptors (Lipinski definition) is 2. The van der Waals surface area contributed by atoms with Crippen LogP contribution in [0.1, 0.15) is 5.56 Å². The lowest BCUT2D eigenvalue weighted by Gasteiger charge is -1.97. The van der Waals surface area contributed by atoms with Crippen molar-refractivity contribution in [2.45, 2.75) is 0 Å². The molecule has 1 N–H and O–H groups in total. The third-order valence-corrected chi connectivity index (χ3v) is 2.46. The van der Waals surface area contributed by atoms with E-state index in [9.17, 15) is 4.79 Å². The minimum Gasteiger partial charge on any atom is -0.477 e. The molecule has 0 amide bonds. The summed E-state index contributed by atoms with van der Waals surface area (Å²) in [5.41, 5.74) is 0.312. The molecule has 0 saturated heterocycles. The van der Waals surface area contributed by atoms with Crippen LogP contribution in [0.4, 0.5) is 0 Å². The van der Waals surface area contributed by atoms with Crippen LogP contribution in [-0.2, 0) is 4.79 Å². The van der Waals surface area contributed by atoms with Gasteiger partial charge < -0.3 is 5.11 Å². The molecule has 0 radical (unpaired) electrons. The molecule has 0 aliphatic heterocycles. The van der Waals surface area contributed by atoms with Crippen molar-refractivity contribution in [2.24, 2.45) is 0 Å². The van der Waals surface area contributed by atoms with Crippen LogP contribution >= 0.6 is 23.2 Å². The van der Waals surface area contributed by atoms with Crippen molar-refractivity contribution < 1.29 is 9.90 Å². The summed E-state index contributed by atoms with van der Waals surface area (Å²) in [7, 11) is 0. The summed E-state index contributed by atoms with van der Waals surface area (Å²) in [6, 6.07) is 8.28. The fraction of sp³-hybridized carbons (Fsp3) is 0. The Morgan fingerprint density at radius 3 is 2.35 bits per heavy atom. The van der Waals surface area contributed by atoms with Crippen molar-refractivity contribution in [1.82, 2.24) is 0 Å². The summed E-state index contributed by atoms with van der Waals surface area (Å²) in [5, 5.41) is 18.0. The molecule has 0 heterocycles. The minimum atomic E-state index is -1.29. The Balaban J connectivity index is 2.98. The molecule has 86 valence electrons. The van der Waals surface area contributed by atoms with E-state index in [0.717, 1.165) is 6.08 Å². The van der Waals surface area contributed by atoms with Crippen molar-refractivity contribution in [1.29, 1.82) is 5.26 Å². The number of halogens is 2. The van der Waals surface area contributed by atoms with Gasteiger partial charge in [0.1, 0.15) is 11.6 Å². The van der Waals surface area contributed by atoms with Crippen molar-refractivity contribution in [3.63, 3.8) is 0 Å². The Hall–Kier alpha value is -1.76. The van der Waals surface area contributed by atoms with Crippen LogP contribution in [0.3, 0.4) is 0 Å². The zero-order valence-corrected chi connectivity index (χ0v) is 10.0. The first-order valence-corrected chi connectivity index (χ1v) is 5.27. The Morgan fingerprint density at radius 2 is 1.88 bits per heavy atom. The second kappa shape index (κ2) is 6.09. The summed E-state index contributed by atoms with van der Waals surface area (Å²) in [6.45, 7) is 0. The van der Waals surface area contributed by atoms with Crippen LogP contribution in [0, 0.1) is 11.3 Å². The number of nitrogens with zero attached hydrogens (tertiary/aromatic N) is 1. The molecule has 0 aromatic heterocycles. The van der Waals surface area contributed by atoms with Gasteiger partial charge in [0.15, 0.2) is 0 Å². The molecule has 5 heteroatoms. The van der Waals surface area contributed by atoms with Gasteiger partial charge >= 0.3 is 5.97 Å². The smallest absolute Gasteiger partial charge is 0.346 e. The zero-order valence-electron chi connectivity index (χ0n) is 8.52. The van der Waals surface area contributed by atoms with E-state index in [4.69, 9.17) is 33.6 Å². The lowest BCUT2D eigenvalue weighted by molar-refractivity contribution is -0.132. The van der Waals surface area contributed by atoms with Crippen LogP contribution < -0.4 is 0 Å². The first kappa shape index (κ1) is 13.3. The van der Waals surface area contributed by atoms with Gasteiger partial charge in [0.05, 0.1) is 0 Å². The Kier molecular flexibility index (Phi) is 4.77. The standard InChI is InChI=1S/C12H7Cl2NO2/c13-10-4-1-8(2-5-10)11(14)6-3-9(7-15)12(16)17/h1-6H,(H,16,17)/b9-3+,11-6-. The first-order chi connectivity index (χ1) is 8.04. The van der Waals surface area contributed by atoms with Gasteiger partial charge in [-0.3, -0.25) is 0 Å². The average Bonchev–Trinajstić information content (AvgIpc) is 2.30. The maximum Gasteiger partial charge on any atom is 0.346 e. The predicted octanol–water partition coefficient (Wildman–Crippen LogP) is 3.45. The molecule has 1 aromatic rings. The van der Waals surface area contributed by atoms with E-state index in [1.165, 1.54) is 6.08 Å². The maximum atomic E-state index is 10.5. The van der Waals surface area contributed by atoms with E-state index in [2.05, 4.69) is 0 Å². The molecule has 1 rings (SSSR count). The van der Waals surface area contributed by atoms with E-state index in [-0.39, 0.29) is 5.57 Å². The van der Waals surface area contributed by atoms with Gasteiger partial charge in [-0.1, -0.05) is 35.3 Å². The summed E-state index contributed by atoms with van der Waals surface area (Å²) in [5.74, 6) is -1.29. The van der Waals surface area contributed by atoms with E-state index in [0.29, 0.717) is 15.6 Å². The lowest BCUT2D eigenvalue weighted by atomic mass is 10.2. The summed E-state index contributed by atoms with van der Waals surface area (Å²) in [6.07, 6.45) is 2.51. The molecular weight excluding hydrogens is 261 g/mol. The van der Waals surface area contributed by atoms with Gasteiger partial charge in [-0.2, -0.15) is 5.26 Å². The van der Waals surface area contributed by atoms with Crippen molar-refractivity contribution in [3.05, 3.63) is 52.6 Å². The topological polar surface area (TPSA) is 61.1 Å². The first-order valence-electron chi connectivity index (χ1n) is 4.51. The number of aliphatic carboxylic acids is 1. The lowest BCUT2D eigenvalue weighted by Crippen LogP contribution is -1.96.